The van der Waals surface area contributed by atoms with Crippen molar-refractivity contribution in [2.75, 3.05) is 26.4 Å². The molecular weight excluding hydrogens is 1030 g/mol. The van der Waals surface area contributed by atoms with E-state index in [1.807, 2.05) is 0 Å². The Morgan fingerprint density at radius 3 is 1.02 bits per heavy atom. The lowest BCUT2D eigenvalue weighted by atomic mass is 10.0. The predicted molar refractivity (Wildman–Crippen MR) is 349 cm³/mol. The maximum Gasteiger partial charge on any atom is 0.472 e. The van der Waals surface area contributed by atoms with E-state index in [0.29, 0.717) is 6.42 Å². The Morgan fingerprint density at radius 2 is 0.679 bits per heavy atom. The first-order valence-electron chi connectivity index (χ1n) is 34.4. The molecule has 0 radical (unpaired) electrons. The molecule has 0 aromatic heterocycles. The molecule has 3 N–H and O–H groups in total. The lowest BCUT2D eigenvalue weighted by Gasteiger charge is -2.19. The Hall–Kier alpha value is -2.55. The zero-order valence-corrected chi connectivity index (χ0v) is 53.9. The van der Waals surface area contributed by atoms with E-state index >= 15 is 0 Å². The zero-order valence-electron chi connectivity index (χ0n) is 53.0. The van der Waals surface area contributed by atoms with E-state index in [9.17, 15) is 19.0 Å². The molecule has 0 saturated heterocycles. The van der Waals surface area contributed by atoms with Crippen molar-refractivity contribution in [2.45, 2.75) is 341 Å². The fourth-order valence-corrected chi connectivity index (χ4v) is 10.8. The van der Waals surface area contributed by atoms with E-state index in [-0.39, 0.29) is 38.6 Å². The van der Waals surface area contributed by atoms with Gasteiger partial charge in [-0.05, 0) is 83.5 Å². The number of phosphoric acid groups is 1. The monoisotopic (exact) mass is 1160 g/mol. The quantitative estimate of drug-likeness (QED) is 0.0264. The van der Waals surface area contributed by atoms with Crippen molar-refractivity contribution in [3.8, 4) is 0 Å². The number of hydrogen-bond acceptors (Lipinski definition) is 8. The summed E-state index contributed by atoms with van der Waals surface area (Å²) in [7, 11) is -4.39. The number of carbonyl (C=O) groups is 2. The van der Waals surface area contributed by atoms with Crippen molar-refractivity contribution in [2.24, 2.45) is 5.73 Å². The first-order valence-corrected chi connectivity index (χ1v) is 35.9. The van der Waals surface area contributed by atoms with Crippen LogP contribution in [0.4, 0.5) is 0 Å². The Balaban J connectivity index is 3.85. The summed E-state index contributed by atoms with van der Waals surface area (Å²) in [5, 5.41) is 0. The molecule has 0 aliphatic carbocycles. The van der Waals surface area contributed by atoms with Crippen molar-refractivity contribution in [3.63, 3.8) is 0 Å². The van der Waals surface area contributed by atoms with Crippen molar-refractivity contribution in [1.82, 2.24) is 0 Å². The molecule has 0 aliphatic heterocycles. The zero-order chi connectivity index (χ0) is 58.7. The molecular formula is C71H130NO8P. The minimum absolute atomic E-state index is 0.0537. The molecule has 81 heavy (non-hydrogen) atoms. The van der Waals surface area contributed by atoms with Crippen LogP contribution in [0.3, 0.4) is 0 Å². The SMILES string of the molecule is CC/C=C\C/C=C\C/C=C\C/C=C\C/C=C\CCCCCCCCCCCCCCCCCCCCCC(=O)OC(COC(=O)CCCCCCCCCCCCCCC/C=C\CCCCCCCCCC)COP(=O)(O)OCCN. The third-order valence-corrected chi connectivity index (χ3v) is 16.1. The van der Waals surface area contributed by atoms with E-state index in [2.05, 4.69) is 86.8 Å². The van der Waals surface area contributed by atoms with Crippen LogP contribution in [0, 0.1) is 0 Å². The summed E-state index contributed by atoms with van der Waals surface area (Å²) in [5.41, 5.74) is 5.40. The average Bonchev–Trinajstić information content (AvgIpc) is 3.46. The van der Waals surface area contributed by atoms with Crippen LogP contribution in [0.5, 0.6) is 0 Å². The number of allylic oxidation sites excluding steroid dienone is 12. The summed E-state index contributed by atoms with van der Waals surface area (Å²) < 4.78 is 33.2. The van der Waals surface area contributed by atoms with Crippen LogP contribution < -0.4 is 5.73 Å². The standard InChI is InChI=1S/C71H130NO8P/c1-3-5-7-9-11-13-15-17-19-21-23-25-27-29-30-31-32-33-34-35-36-37-38-40-42-44-46-48-50-52-54-56-58-60-62-64-71(74)80-69(68-79-81(75,76)78-66-65-72)67-77-70(73)63-61-59-57-55-53-51-49-47-45-43-41-39-28-26-24-22-20-18-16-14-12-10-8-6-4-2/h5,7,11,13,17,19,22-25,29-30,69H,3-4,6,8-10,12,14-16,18,20-21,26-28,31-68,72H2,1-2H3,(H,75,76)/b7-5-,13-11-,19-17-,24-22-,25-23-,30-29-. The lowest BCUT2D eigenvalue weighted by molar-refractivity contribution is -0.161. The van der Waals surface area contributed by atoms with E-state index < -0.39 is 26.5 Å². The number of rotatable bonds is 65. The third-order valence-electron chi connectivity index (χ3n) is 15.1. The number of hydrogen-bond donors (Lipinski definition) is 2. The van der Waals surface area contributed by atoms with Crippen LogP contribution in [0.1, 0.15) is 335 Å². The number of ether oxygens (including phenoxy) is 2. The number of nitrogens with two attached hydrogens (primary N) is 1. The van der Waals surface area contributed by atoms with Gasteiger partial charge >= 0.3 is 19.8 Å². The van der Waals surface area contributed by atoms with E-state index in [0.717, 1.165) is 64.2 Å². The van der Waals surface area contributed by atoms with Gasteiger partial charge in [0.1, 0.15) is 6.61 Å². The maximum atomic E-state index is 12.8. The first-order chi connectivity index (χ1) is 39.8. The second-order valence-corrected chi connectivity index (χ2v) is 24.5. The second-order valence-electron chi connectivity index (χ2n) is 23.0. The van der Waals surface area contributed by atoms with Gasteiger partial charge in [0.25, 0.3) is 0 Å². The molecule has 0 saturated carbocycles. The Morgan fingerprint density at radius 1 is 0.383 bits per heavy atom. The summed E-state index contributed by atoms with van der Waals surface area (Å²) in [6, 6.07) is 0. The summed E-state index contributed by atoms with van der Waals surface area (Å²) in [5.74, 6) is -0.812. The van der Waals surface area contributed by atoms with Crippen LogP contribution in [0.2, 0.25) is 0 Å². The highest BCUT2D eigenvalue weighted by Gasteiger charge is 2.26. The molecule has 0 fully saturated rings. The highest BCUT2D eigenvalue weighted by atomic mass is 31.2. The minimum Gasteiger partial charge on any atom is -0.462 e. The van der Waals surface area contributed by atoms with Crippen LogP contribution in [-0.4, -0.2) is 49.3 Å². The third kappa shape index (κ3) is 66.5. The summed E-state index contributed by atoms with van der Waals surface area (Å²) in [4.78, 5) is 35.3. The molecule has 0 heterocycles. The van der Waals surface area contributed by atoms with Crippen molar-refractivity contribution < 1.29 is 37.6 Å². The van der Waals surface area contributed by atoms with Gasteiger partial charge in [-0.3, -0.25) is 18.6 Å². The van der Waals surface area contributed by atoms with Crippen molar-refractivity contribution in [3.05, 3.63) is 72.9 Å². The molecule has 0 aliphatic rings. The Kier molecular flexibility index (Phi) is 64.5. The Labute approximate surface area is 501 Å². The highest BCUT2D eigenvalue weighted by molar-refractivity contribution is 7.47. The van der Waals surface area contributed by atoms with Gasteiger partial charge in [-0.25, -0.2) is 4.57 Å². The van der Waals surface area contributed by atoms with Gasteiger partial charge in [0.2, 0.25) is 0 Å². The lowest BCUT2D eigenvalue weighted by Crippen LogP contribution is -2.29. The minimum atomic E-state index is -4.39. The van der Waals surface area contributed by atoms with E-state index in [1.54, 1.807) is 0 Å². The van der Waals surface area contributed by atoms with Crippen LogP contribution >= 0.6 is 7.82 Å². The molecule has 0 rings (SSSR count). The first kappa shape index (κ1) is 78.5. The molecule has 0 aromatic rings. The molecule has 0 spiro atoms. The van der Waals surface area contributed by atoms with Gasteiger partial charge < -0.3 is 20.1 Å². The predicted octanol–water partition coefficient (Wildman–Crippen LogP) is 22.4. The van der Waals surface area contributed by atoms with Crippen LogP contribution in [-0.2, 0) is 32.7 Å². The van der Waals surface area contributed by atoms with Gasteiger partial charge in [-0.1, -0.05) is 311 Å². The summed E-state index contributed by atoms with van der Waals surface area (Å²) in [6.45, 7) is 3.68. The van der Waals surface area contributed by atoms with Crippen LogP contribution in [0.15, 0.2) is 72.9 Å². The van der Waals surface area contributed by atoms with E-state index in [4.69, 9.17) is 24.3 Å². The van der Waals surface area contributed by atoms with Gasteiger partial charge in [-0.2, -0.15) is 0 Å². The molecule has 0 amide bonds. The summed E-state index contributed by atoms with van der Waals surface area (Å²) >= 11 is 0. The topological polar surface area (TPSA) is 134 Å². The number of unbranched alkanes of at least 4 members (excludes halogenated alkanes) is 40. The fourth-order valence-electron chi connectivity index (χ4n) is 10.0. The van der Waals surface area contributed by atoms with Crippen molar-refractivity contribution in [1.29, 1.82) is 0 Å². The average molecular weight is 1160 g/mol. The molecule has 0 bridgehead atoms. The molecule has 472 valence electrons. The van der Waals surface area contributed by atoms with Crippen molar-refractivity contribution >= 4 is 19.8 Å². The molecule has 9 nitrogen and oxygen atoms in total. The Bertz CT molecular complexity index is 1560. The second kappa shape index (κ2) is 66.6. The molecule has 2 unspecified atom stereocenters. The smallest absolute Gasteiger partial charge is 0.462 e. The molecule has 10 heteroatoms. The van der Waals surface area contributed by atoms with Gasteiger partial charge in [0.05, 0.1) is 13.2 Å². The highest BCUT2D eigenvalue weighted by Crippen LogP contribution is 2.43. The van der Waals surface area contributed by atoms with Gasteiger partial charge in [0.15, 0.2) is 6.10 Å². The largest absolute Gasteiger partial charge is 0.472 e. The van der Waals surface area contributed by atoms with Gasteiger partial charge in [0, 0.05) is 19.4 Å². The number of esters is 2. The molecule has 0 aromatic carbocycles. The summed E-state index contributed by atoms with van der Waals surface area (Å²) in [6.07, 6.45) is 87.1. The van der Waals surface area contributed by atoms with Crippen LogP contribution in [0.25, 0.3) is 0 Å². The number of carbonyl (C=O) groups excluding carboxylic acids is 2. The fraction of sp³-hybridized carbons (Fsp3) is 0.803. The van der Waals surface area contributed by atoms with E-state index in [1.165, 1.54) is 238 Å². The van der Waals surface area contributed by atoms with Gasteiger partial charge in [-0.15, -0.1) is 0 Å². The normalized spacial score (nSPS) is 13.4. The number of phosphoric ester groups is 1. The molecule has 2 atom stereocenters. The maximum absolute atomic E-state index is 12.8.